The van der Waals surface area contributed by atoms with E-state index in [4.69, 9.17) is 0 Å². The molecule has 0 spiro atoms. The van der Waals surface area contributed by atoms with Gasteiger partial charge in [0.25, 0.3) is 0 Å². The van der Waals surface area contributed by atoms with Gasteiger partial charge < -0.3 is 51.5 Å². The minimum absolute atomic E-state index is 0.0180. The topological polar surface area (TPSA) is 357 Å². The molecule has 2 rings (SSSR count). The Morgan fingerprint density at radius 2 is 0.523 bits per heavy atom. The molecule has 2 aliphatic rings. The quantitative estimate of drug-likeness (QED) is 0.0383. The first-order valence-electron chi connectivity index (χ1n) is 32.4. The summed E-state index contributed by atoms with van der Waals surface area (Å²) in [6.07, 6.45) is 21.3. The second-order valence-corrected chi connectivity index (χ2v) is 23.6. The van der Waals surface area contributed by atoms with Gasteiger partial charge in [0.05, 0.1) is 58.9 Å². The van der Waals surface area contributed by atoms with E-state index in [1.165, 1.54) is 81.9 Å². The van der Waals surface area contributed by atoms with Crippen molar-refractivity contribution in [3.63, 3.8) is 0 Å². The number of hydrogen-bond donors (Lipinski definition) is 9. The van der Waals surface area contributed by atoms with Crippen molar-refractivity contribution in [2.75, 3.05) is 190 Å². The van der Waals surface area contributed by atoms with Gasteiger partial charge in [0.2, 0.25) is 23.6 Å². The number of nitrogens with zero attached hydrogens (tertiary/aromatic N) is 9. The Labute approximate surface area is 521 Å². The van der Waals surface area contributed by atoms with Crippen LogP contribution in [-0.4, -0.2) is 324 Å². The van der Waals surface area contributed by atoms with E-state index in [0.29, 0.717) is 45.4 Å². The van der Waals surface area contributed by atoms with Crippen LogP contribution in [0.4, 0.5) is 0 Å². The summed E-state index contributed by atoms with van der Waals surface area (Å²) >= 11 is 0. The molecule has 506 valence electrons. The molecule has 0 saturated carbocycles. The van der Waals surface area contributed by atoms with E-state index in [0.717, 1.165) is 25.7 Å². The summed E-state index contributed by atoms with van der Waals surface area (Å²) in [5.41, 5.74) is 0. The maximum Gasteiger partial charge on any atom is 0.317 e. The maximum atomic E-state index is 13.8. The van der Waals surface area contributed by atoms with Crippen LogP contribution in [0.3, 0.4) is 0 Å². The average molecular weight is 1260 g/mol. The third-order valence-corrected chi connectivity index (χ3v) is 15.9. The number of amides is 4. The van der Waals surface area contributed by atoms with E-state index in [1.54, 1.807) is 34.3 Å². The highest BCUT2D eigenvalue weighted by atomic mass is 16.4. The minimum Gasteiger partial charge on any atom is -0.480 e. The molecule has 0 atom stereocenters. The summed E-state index contributed by atoms with van der Waals surface area (Å²) in [5.74, 6) is -7.67. The average Bonchev–Trinajstić information content (AvgIpc) is 3.57. The van der Waals surface area contributed by atoms with Crippen molar-refractivity contribution in [2.24, 2.45) is 0 Å². The van der Waals surface area contributed by atoms with Crippen LogP contribution in [0.25, 0.3) is 0 Å². The first-order valence-corrected chi connectivity index (χ1v) is 32.4. The number of rotatable bonds is 44. The first kappa shape index (κ1) is 78.5. The van der Waals surface area contributed by atoms with Gasteiger partial charge in [0, 0.05) is 137 Å². The third-order valence-electron chi connectivity index (χ3n) is 15.9. The fraction of sp³-hybridized carbons (Fsp3) is 0.833. The second-order valence-electron chi connectivity index (χ2n) is 23.6. The highest BCUT2D eigenvalue weighted by molar-refractivity contribution is 5.85. The zero-order chi connectivity index (χ0) is 64.7. The van der Waals surface area contributed by atoms with E-state index >= 15 is 0 Å². The van der Waals surface area contributed by atoms with E-state index in [9.17, 15) is 78.6 Å². The molecule has 0 unspecified atom stereocenters. The summed E-state index contributed by atoms with van der Waals surface area (Å²) in [4.78, 5) is 139. The smallest absolute Gasteiger partial charge is 0.317 e. The van der Waals surface area contributed by atoms with E-state index in [1.807, 2.05) is 4.90 Å². The summed E-state index contributed by atoms with van der Waals surface area (Å²) in [6.45, 7) is 4.90. The van der Waals surface area contributed by atoms with Crippen LogP contribution in [-0.2, 0) is 47.9 Å². The standard InChI is InChI=1S/C60H110N12O16/c1-2-3-4-5-6-7-8-9-10-11-12-13-14-15-16-19-22-62-53(75)44-72(25-24-63-52(74)43-65-28-32-68(47-57(81)82)36-40-71(50-60(87)88)41-37-69(33-29-65)48-58(83)84)54(76)21-18-17-20-23-61-51(73)42-64-26-30-66(45-55(77)78)34-38-70(49-59(85)86)39-35-67(31-27-64)46-56(79)80/h2-50H2,1H3,(H,61,73)(H,62,75)(H,63,74)(H,77,78)(H,79,80)(H,81,82)(H,83,84)(H,85,86)(H,87,88). The zero-order valence-electron chi connectivity index (χ0n) is 52.9. The molecule has 0 aromatic carbocycles. The van der Waals surface area contributed by atoms with E-state index < -0.39 is 41.7 Å². The molecule has 2 fully saturated rings. The van der Waals surface area contributed by atoms with E-state index in [-0.39, 0.29) is 188 Å². The Bertz CT molecular complexity index is 1980. The molecule has 2 heterocycles. The van der Waals surface area contributed by atoms with Crippen molar-refractivity contribution in [2.45, 2.75) is 135 Å². The molecule has 0 radical (unpaired) electrons. The van der Waals surface area contributed by atoms with Gasteiger partial charge in [0.15, 0.2) is 0 Å². The van der Waals surface area contributed by atoms with Crippen LogP contribution in [0, 0.1) is 0 Å². The van der Waals surface area contributed by atoms with Gasteiger partial charge >= 0.3 is 35.8 Å². The molecule has 4 amide bonds. The number of carboxylic acids is 6. The Kier molecular flexibility index (Phi) is 43.9. The molecule has 0 aliphatic carbocycles. The van der Waals surface area contributed by atoms with Crippen molar-refractivity contribution in [1.82, 2.24) is 60.0 Å². The summed E-state index contributed by atoms with van der Waals surface area (Å²) in [7, 11) is 0. The van der Waals surface area contributed by atoms with Crippen molar-refractivity contribution >= 4 is 59.4 Å². The fourth-order valence-corrected chi connectivity index (χ4v) is 10.8. The van der Waals surface area contributed by atoms with Gasteiger partial charge in [-0.2, -0.15) is 0 Å². The SMILES string of the molecule is CCCCCCCCCCCCCCCCCCNC(=O)CN(CCNC(=O)CN1CCN(CC(=O)O)CCN(CC(=O)O)CCN(CC(=O)O)CC1)C(=O)CCCCCNC(=O)CN1CCN(CC(=O)O)CCN(CC(=O)O)CCN(CC(=O)O)CC1. The number of unbranched alkanes of at least 4 members (excludes halogenated alkanes) is 17. The molecule has 0 aromatic heterocycles. The first-order chi connectivity index (χ1) is 42.2. The van der Waals surface area contributed by atoms with E-state index in [2.05, 4.69) is 22.9 Å². The fourth-order valence-electron chi connectivity index (χ4n) is 10.8. The number of carbonyl (C=O) groups excluding carboxylic acids is 4. The molecular formula is C60H110N12O16. The van der Waals surface area contributed by atoms with Gasteiger partial charge in [-0.25, -0.2) is 0 Å². The monoisotopic (exact) mass is 1250 g/mol. The van der Waals surface area contributed by atoms with Crippen molar-refractivity contribution in [3.05, 3.63) is 0 Å². The van der Waals surface area contributed by atoms with Crippen molar-refractivity contribution < 1.29 is 78.6 Å². The number of carbonyl (C=O) groups is 10. The lowest BCUT2D eigenvalue weighted by atomic mass is 10.0. The van der Waals surface area contributed by atoms with Crippen molar-refractivity contribution in [3.8, 4) is 0 Å². The Balaban J connectivity index is 2.02. The van der Waals surface area contributed by atoms with Gasteiger partial charge in [-0.05, 0) is 19.3 Å². The molecule has 0 aromatic rings. The lowest BCUT2D eigenvalue weighted by molar-refractivity contribution is -0.140. The molecule has 88 heavy (non-hydrogen) atoms. The summed E-state index contributed by atoms with van der Waals surface area (Å²) < 4.78 is 0. The van der Waals surface area contributed by atoms with Crippen LogP contribution in [0.15, 0.2) is 0 Å². The van der Waals surface area contributed by atoms with Crippen LogP contribution in [0.5, 0.6) is 0 Å². The highest BCUT2D eigenvalue weighted by Gasteiger charge is 2.25. The number of aliphatic carboxylic acids is 6. The predicted molar refractivity (Wildman–Crippen MR) is 331 cm³/mol. The molecule has 0 bridgehead atoms. The van der Waals surface area contributed by atoms with Crippen LogP contribution >= 0.6 is 0 Å². The third kappa shape index (κ3) is 43.1. The van der Waals surface area contributed by atoms with Gasteiger partial charge in [-0.3, -0.25) is 87.1 Å². The Morgan fingerprint density at radius 3 is 0.795 bits per heavy atom. The Morgan fingerprint density at radius 1 is 0.295 bits per heavy atom. The van der Waals surface area contributed by atoms with Gasteiger partial charge in [-0.1, -0.05) is 110 Å². The molecule has 28 nitrogen and oxygen atoms in total. The van der Waals surface area contributed by atoms with Gasteiger partial charge in [-0.15, -0.1) is 0 Å². The molecule has 9 N–H and O–H groups in total. The van der Waals surface area contributed by atoms with Crippen molar-refractivity contribution in [1.29, 1.82) is 0 Å². The highest BCUT2D eigenvalue weighted by Crippen LogP contribution is 2.14. The lowest BCUT2D eigenvalue weighted by Crippen LogP contribution is -2.50. The molecule has 2 saturated heterocycles. The Hall–Kier alpha value is -5.62. The molecule has 2 aliphatic heterocycles. The summed E-state index contributed by atoms with van der Waals surface area (Å²) in [5, 5.41) is 66.0. The zero-order valence-corrected chi connectivity index (χ0v) is 52.9. The molecular weight excluding hydrogens is 1140 g/mol. The predicted octanol–water partition coefficient (Wildman–Crippen LogP) is 0.936. The van der Waals surface area contributed by atoms with Crippen LogP contribution in [0.2, 0.25) is 0 Å². The number of nitrogens with one attached hydrogen (secondary N) is 3. The number of carboxylic acid groups (broad SMARTS) is 6. The van der Waals surface area contributed by atoms with Crippen LogP contribution < -0.4 is 16.0 Å². The maximum absolute atomic E-state index is 13.8. The second kappa shape index (κ2) is 49.2. The van der Waals surface area contributed by atoms with Crippen LogP contribution in [0.1, 0.15) is 135 Å². The largest absolute Gasteiger partial charge is 0.480 e. The normalized spacial score (nSPS) is 16.7. The number of hydrogen-bond acceptors (Lipinski definition) is 18. The molecule has 28 heteroatoms. The van der Waals surface area contributed by atoms with Gasteiger partial charge in [0.1, 0.15) is 0 Å². The lowest BCUT2D eigenvalue weighted by Gasteiger charge is -2.32. The summed E-state index contributed by atoms with van der Waals surface area (Å²) in [6, 6.07) is 0. The minimum atomic E-state index is -1.07.